The van der Waals surface area contributed by atoms with Gasteiger partial charge in [-0.1, -0.05) is 52.6 Å². The minimum atomic E-state index is -0.420. The van der Waals surface area contributed by atoms with Gasteiger partial charge < -0.3 is 15.2 Å². The Morgan fingerprint density at radius 3 is 2.55 bits per heavy atom. The Balaban J connectivity index is 1.65. The second-order valence-electron chi connectivity index (χ2n) is 7.16. The maximum atomic E-state index is 12.6. The fourth-order valence-electron chi connectivity index (χ4n) is 3.07. The molecule has 0 radical (unpaired) electrons. The number of nitrogens with one attached hydrogen (secondary N) is 2. The van der Waals surface area contributed by atoms with Crippen molar-refractivity contribution in [2.24, 2.45) is 0 Å². The summed E-state index contributed by atoms with van der Waals surface area (Å²) in [4.78, 5) is 25.0. The van der Waals surface area contributed by atoms with Crippen molar-refractivity contribution >= 4 is 64.1 Å². The summed E-state index contributed by atoms with van der Waals surface area (Å²) in [5.74, 6) is 0.240. The highest BCUT2D eigenvalue weighted by Gasteiger charge is 2.20. The average Bonchev–Trinajstić information content (AvgIpc) is 3.20. The van der Waals surface area contributed by atoms with Crippen LogP contribution in [0.25, 0.3) is 0 Å². The maximum Gasteiger partial charge on any atom is 0.251 e. The average molecular weight is 527 g/mol. The standard InChI is InChI=1S/C22H22Cl3N5O2S/c1-4-30-20(13(3)26-21(32)14-8-9-16(24)17(25)10-14)28-29-22(30)33-11-19(31)27-18-7-5-6-15(23)12(18)2/h5-10,13H,4,11H2,1-3H3,(H,26,32)(H,27,31)/t13-/m1/s1. The summed E-state index contributed by atoms with van der Waals surface area (Å²) in [7, 11) is 0. The van der Waals surface area contributed by atoms with Gasteiger partial charge >= 0.3 is 0 Å². The van der Waals surface area contributed by atoms with Crippen molar-refractivity contribution in [1.82, 2.24) is 20.1 Å². The van der Waals surface area contributed by atoms with Gasteiger partial charge in [-0.05, 0) is 56.7 Å². The molecule has 0 saturated heterocycles. The molecule has 1 heterocycles. The van der Waals surface area contributed by atoms with Gasteiger partial charge in [-0.3, -0.25) is 9.59 Å². The van der Waals surface area contributed by atoms with Crippen LogP contribution in [-0.4, -0.2) is 32.3 Å². The summed E-state index contributed by atoms with van der Waals surface area (Å²) in [6, 6.07) is 9.62. The molecule has 3 rings (SSSR count). The number of halogens is 3. The quantitative estimate of drug-likeness (QED) is 0.363. The Labute approximate surface area is 211 Å². The number of rotatable bonds is 8. The SMILES string of the molecule is CCn1c(SCC(=O)Nc2cccc(Cl)c2C)nnc1[C@@H](C)NC(=O)c1ccc(Cl)c(Cl)c1. The smallest absolute Gasteiger partial charge is 0.251 e. The van der Waals surface area contributed by atoms with Crippen molar-refractivity contribution in [2.75, 3.05) is 11.1 Å². The molecule has 1 atom stereocenters. The fraction of sp³-hybridized carbons (Fsp3) is 0.273. The van der Waals surface area contributed by atoms with Gasteiger partial charge in [0.15, 0.2) is 11.0 Å². The highest BCUT2D eigenvalue weighted by Crippen LogP contribution is 2.25. The monoisotopic (exact) mass is 525 g/mol. The van der Waals surface area contributed by atoms with E-state index in [1.807, 2.05) is 25.3 Å². The molecule has 3 aromatic rings. The van der Waals surface area contributed by atoms with Crippen LogP contribution in [0.4, 0.5) is 5.69 Å². The van der Waals surface area contributed by atoms with Gasteiger partial charge in [-0.2, -0.15) is 0 Å². The highest BCUT2D eigenvalue weighted by molar-refractivity contribution is 7.99. The Morgan fingerprint density at radius 1 is 1.09 bits per heavy atom. The Morgan fingerprint density at radius 2 is 1.85 bits per heavy atom. The molecule has 7 nitrogen and oxygen atoms in total. The molecule has 0 spiro atoms. The number of benzene rings is 2. The Hall–Kier alpha value is -2.26. The molecule has 0 saturated carbocycles. The minimum absolute atomic E-state index is 0.147. The number of hydrogen-bond donors (Lipinski definition) is 2. The lowest BCUT2D eigenvalue weighted by atomic mass is 10.2. The molecule has 11 heteroatoms. The van der Waals surface area contributed by atoms with Crippen molar-refractivity contribution in [1.29, 1.82) is 0 Å². The largest absolute Gasteiger partial charge is 0.342 e. The van der Waals surface area contributed by atoms with E-state index in [4.69, 9.17) is 34.8 Å². The van der Waals surface area contributed by atoms with E-state index in [-0.39, 0.29) is 17.6 Å². The van der Waals surface area contributed by atoms with E-state index in [0.29, 0.717) is 43.8 Å². The van der Waals surface area contributed by atoms with Gasteiger partial charge in [0.1, 0.15) is 0 Å². The number of carbonyl (C=O) groups is 2. The third-order valence-corrected chi connectivity index (χ3v) is 6.97. The van der Waals surface area contributed by atoms with Gasteiger partial charge in [-0.15, -0.1) is 10.2 Å². The zero-order valence-corrected chi connectivity index (χ0v) is 21.2. The molecular formula is C22H22Cl3N5O2S. The van der Waals surface area contributed by atoms with Gasteiger partial charge in [0.05, 0.1) is 21.8 Å². The van der Waals surface area contributed by atoms with E-state index in [0.717, 1.165) is 5.56 Å². The van der Waals surface area contributed by atoms with E-state index in [2.05, 4.69) is 20.8 Å². The molecule has 0 fully saturated rings. The molecule has 0 aliphatic rings. The first-order valence-electron chi connectivity index (χ1n) is 10.1. The first-order valence-corrected chi connectivity index (χ1v) is 12.2. The number of thioether (sulfide) groups is 1. The summed E-state index contributed by atoms with van der Waals surface area (Å²) in [5, 5.41) is 16.1. The van der Waals surface area contributed by atoms with E-state index >= 15 is 0 Å². The third kappa shape index (κ3) is 6.20. The molecule has 2 amide bonds. The predicted octanol–water partition coefficient (Wildman–Crippen LogP) is 5.79. The van der Waals surface area contributed by atoms with Crippen molar-refractivity contribution < 1.29 is 9.59 Å². The topological polar surface area (TPSA) is 88.9 Å². The van der Waals surface area contributed by atoms with Crippen LogP contribution < -0.4 is 10.6 Å². The molecule has 0 bridgehead atoms. The van der Waals surface area contributed by atoms with Crippen LogP contribution >= 0.6 is 46.6 Å². The van der Waals surface area contributed by atoms with Crippen LogP contribution in [0.5, 0.6) is 0 Å². The van der Waals surface area contributed by atoms with E-state index < -0.39 is 6.04 Å². The molecule has 174 valence electrons. The van der Waals surface area contributed by atoms with Gasteiger partial charge in [0, 0.05) is 22.8 Å². The van der Waals surface area contributed by atoms with Crippen LogP contribution in [0.15, 0.2) is 41.6 Å². The first kappa shape index (κ1) is 25.4. The van der Waals surface area contributed by atoms with E-state index in [1.54, 1.807) is 30.3 Å². The lowest BCUT2D eigenvalue weighted by Gasteiger charge is -2.15. The van der Waals surface area contributed by atoms with Crippen LogP contribution in [0.3, 0.4) is 0 Å². The molecule has 33 heavy (non-hydrogen) atoms. The summed E-state index contributed by atoms with van der Waals surface area (Å²) in [6.45, 7) is 6.18. The number of aromatic nitrogens is 3. The number of hydrogen-bond acceptors (Lipinski definition) is 5. The molecular weight excluding hydrogens is 505 g/mol. The molecule has 2 N–H and O–H groups in total. The Bertz CT molecular complexity index is 1180. The minimum Gasteiger partial charge on any atom is -0.342 e. The normalized spacial score (nSPS) is 11.8. The summed E-state index contributed by atoms with van der Waals surface area (Å²) in [6.07, 6.45) is 0. The van der Waals surface area contributed by atoms with Crippen molar-refractivity contribution in [3.8, 4) is 0 Å². The van der Waals surface area contributed by atoms with Crippen LogP contribution in [0, 0.1) is 6.92 Å². The first-order chi connectivity index (χ1) is 15.7. The molecule has 0 unspecified atom stereocenters. The fourth-order valence-corrected chi connectivity index (χ4v) is 4.35. The second kappa shape index (κ2) is 11.2. The molecule has 1 aromatic heterocycles. The number of anilines is 1. The van der Waals surface area contributed by atoms with Crippen LogP contribution in [0.2, 0.25) is 15.1 Å². The predicted molar refractivity (Wildman–Crippen MR) is 134 cm³/mol. The van der Waals surface area contributed by atoms with Crippen molar-refractivity contribution in [2.45, 2.75) is 38.5 Å². The molecule has 2 aromatic carbocycles. The van der Waals surface area contributed by atoms with Crippen LogP contribution in [-0.2, 0) is 11.3 Å². The van der Waals surface area contributed by atoms with Crippen molar-refractivity contribution in [3.05, 3.63) is 68.4 Å². The third-order valence-electron chi connectivity index (χ3n) is 4.85. The highest BCUT2D eigenvalue weighted by atomic mass is 35.5. The second-order valence-corrected chi connectivity index (χ2v) is 9.32. The number of nitrogens with zero attached hydrogens (tertiary/aromatic N) is 3. The lowest BCUT2D eigenvalue weighted by molar-refractivity contribution is -0.113. The number of carbonyl (C=O) groups excluding carboxylic acids is 2. The summed E-state index contributed by atoms with van der Waals surface area (Å²) < 4.78 is 1.86. The van der Waals surface area contributed by atoms with Gasteiger partial charge in [0.2, 0.25) is 5.91 Å². The Kier molecular flexibility index (Phi) is 8.64. The maximum absolute atomic E-state index is 12.6. The lowest BCUT2D eigenvalue weighted by Crippen LogP contribution is -2.28. The number of amides is 2. The van der Waals surface area contributed by atoms with Crippen LogP contribution in [0.1, 0.15) is 41.6 Å². The summed E-state index contributed by atoms with van der Waals surface area (Å²) in [5.41, 5.74) is 1.87. The van der Waals surface area contributed by atoms with Gasteiger partial charge in [-0.25, -0.2) is 0 Å². The molecule has 0 aliphatic heterocycles. The zero-order valence-electron chi connectivity index (χ0n) is 18.2. The van der Waals surface area contributed by atoms with Gasteiger partial charge in [0.25, 0.3) is 5.91 Å². The zero-order chi connectivity index (χ0) is 24.1. The van der Waals surface area contributed by atoms with E-state index in [9.17, 15) is 9.59 Å². The van der Waals surface area contributed by atoms with Crippen molar-refractivity contribution in [3.63, 3.8) is 0 Å². The van der Waals surface area contributed by atoms with E-state index in [1.165, 1.54) is 17.8 Å². The summed E-state index contributed by atoms with van der Waals surface area (Å²) >= 11 is 19.3. The molecule has 0 aliphatic carbocycles.